The molecule has 202 valence electrons. The van der Waals surface area contributed by atoms with Crippen LogP contribution in [0.3, 0.4) is 0 Å². The largest absolute Gasteiger partial charge is 0.454 e. The molecule has 3 fully saturated rings. The van der Waals surface area contributed by atoms with Gasteiger partial charge < -0.3 is 14.5 Å². The summed E-state index contributed by atoms with van der Waals surface area (Å²) in [6, 6.07) is 37.0. The molecule has 0 saturated carbocycles. The molecule has 7 rings (SSSR count). The Morgan fingerprint density at radius 1 is 0.775 bits per heavy atom. The molecule has 2 atom stereocenters. The fourth-order valence-electron chi connectivity index (χ4n) is 6.32. The van der Waals surface area contributed by atoms with Gasteiger partial charge in [-0.2, -0.15) is 0 Å². The van der Waals surface area contributed by atoms with Crippen molar-refractivity contribution in [1.82, 2.24) is 0 Å². The van der Waals surface area contributed by atoms with Crippen molar-refractivity contribution in [3.63, 3.8) is 0 Å². The predicted molar refractivity (Wildman–Crippen MR) is 158 cm³/mol. The molecule has 1 N–H and O–H groups in total. The van der Waals surface area contributed by atoms with Gasteiger partial charge in [0.2, 0.25) is 5.78 Å². The maximum Gasteiger partial charge on any atom is 0.333 e. The van der Waals surface area contributed by atoms with Crippen LogP contribution in [0.15, 0.2) is 115 Å². The highest BCUT2D eigenvalue weighted by Gasteiger charge is 2.49. The van der Waals surface area contributed by atoms with Gasteiger partial charge in [-0.15, -0.1) is 0 Å². The van der Waals surface area contributed by atoms with E-state index in [9.17, 15) is 9.59 Å². The Morgan fingerprint density at radius 2 is 1.40 bits per heavy atom. The van der Waals surface area contributed by atoms with Gasteiger partial charge in [-0.25, -0.2) is 4.79 Å². The summed E-state index contributed by atoms with van der Waals surface area (Å²) in [5.74, 6) is 0.221. The lowest BCUT2D eigenvalue weighted by atomic mass is 9.82. The van der Waals surface area contributed by atoms with Crippen LogP contribution in [0.25, 0.3) is 11.1 Å². The van der Waals surface area contributed by atoms with Gasteiger partial charge in [0.25, 0.3) is 0 Å². The van der Waals surface area contributed by atoms with Crippen molar-refractivity contribution < 1.29 is 18.8 Å². The SMILES string of the molecule is O=C(C[N+]12CCC(CC1)[C@@H](OC(=O)[C@H](Nc1ccccc1)c1ccccc1)C2)c1cccc(-c2ccccc2)c1. The van der Waals surface area contributed by atoms with Crippen LogP contribution in [0.2, 0.25) is 0 Å². The Kier molecular flexibility index (Phi) is 7.47. The molecular formula is C35H35N2O3+. The van der Waals surface area contributed by atoms with Crippen LogP contribution in [0.1, 0.15) is 34.8 Å². The van der Waals surface area contributed by atoms with Gasteiger partial charge >= 0.3 is 5.97 Å². The smallest absolute Gasteiger partial charge is 0.333 e. The molecule has 0 radical (unpaired) electrons. The summed E-state index contributed by atoms with van der Waals surface area (Å²) in [5.41, 5.74) is 4.64. The molecule has 4 aromatic rings. The summed E-state index contributed by atoms with van der Waals surface area (Å²) in [5, 5.41) is 3.38. The molecule has 0 amide bonds. The highest BCUT2D eigenvalue weighted by Crippen LogP contribution is 2.37. The number of piperidine rings is 3. The Bertz CT molecular complexity index is 1450. The quantitative estimate of drug-likeness (QED) is 0.151. The van der Waals surface area contributed by atoms with Crippen LogP contribution < -0.4 is 5.32 Å². The molecule has 3 saturated heterocycles. The Hall–Kier alpha value is -4.22. The number of ether oxygens (including phenoxy) is 1. The average molecular weight is 532 g/mol. The first kappa shape index (κ1) is 26.0. The van der Waals surface area contributed by atoms with Crippen LogP contribution in [-0.4, -0.2) is 48.5 Å². The number of para-hydroxylation sites is 1. The van der Waals surface area contributed by atoms with E-state index in [1.54, 1.807) is 0 Å². The van der Waals surface area contributed by atoms with Crippen LogP contribution in [-0.2, 0) is 9.53 Å². The number of quaternary nitrogens is 1. The van der Waals surface area contributed by atoms with Crippen LogP contribution >= 0.6 is 0 Å². The number of nitrogens with zero attached hydrogens (tertiary/aromatic N) is 1. The van der Waals surface area contributed by atoms with Crippen LogP contribution in [0, 0.1) is 5.92 Å². The second-order valence-electron chi connectivity index (χ2n) is 11.2. The van der Waals surface area contributed by atoms with Crippen molar-refractivity contribution >= 4 is 17.4 Å². The second-order valence-corrected chi connectivity index (χ2v) is 11.2. The van der Waals surface area contributed by atoms with E-state index < -0.39 is 6.04 Å². The van der Waals surface area contributed by atoms with E-state index in [0.717, 1.165) is 53.9 Å². The van der Waals surface area contributed by atoms with Crippen molar-refractivity contribution in [3.05, 3.63) is 126 Å². The van der Waals surface area contributed by atoms with E-state index in [1.807, 2.05) is 103 Å². The van der Waals surface area contributed by atoms with Gasteiger partial charge in [0.05, 0.1) is 13.1 Å². The maximum atomic E-state index is 13.7. The summed E-state index contributed by atoms with van der Waals surface area (Å²) in [7, 11) is 0. The number of benzene rings is 4. The van der Waals surface area contributed by atoms with E-state index >= 15 is 0 Å². The lowest BCUT2D eigenvalue weighted by Gasteiger charge is -2.51. The number of nitrogens with one attached hydrogen (secondary N) is 1. The fourth-order valence-corrected chi connectivity index (χ4v) is 6.32. The zero-order valence-corrected chi connectivity index (χ0v) is 22.6. The summed E-state index contributed by atoms with van der Waals surface area (Å²) in [4.78, 5) is 27.2. The van der Waals surface area contributed by atoms with Crippen molar-refractivity contribution in [2.24, 2.45) is 5.92 Å². The molecule has 3 aliphatic heterocycles. The number of hydrogen-bond donors (Lipinski definition) is 1. The molecule has 3 heterocycles. The Morgan fingerprint density at radius 3 is 2.10 bits per heavy atom. The number of anilines is 1. The van der Waals surface area contributed by atoms with Crippen molar-refractivity contribution in [3.8, 4) is 11.1 Å². The second kappa shape index (κ2) is 11.5. The standard InChI is InChI=1S/C35H35N2O3/c38-32(30-16-10-15-29(23-30)26-11-4-1-5-12-26)24-37-21-19-27(20-22-37)33(25-37)40-35(39)34(28-13-6-2-7-14-28)36-31-17-8-3-9-18-31/h1-18,23,27,33-34,36H,19-22,24-25H2/q+1/t27?,33-,34+,37?/m0/s1. The first-order valence-electron chi connectivity index (χ1n) is 14.2. The van der Waals surface area contributed by atoms with Crippen LogP contribution in [0.4, 0.5) is 5.69 Å². The Balaban J connectivity index is 1.17. The zero-order chi connectivity index (χ0) is 27.4. The summed E-state index contributed by atoms with van der Waals surface area (Å²) < 4.78 is 6.96. The minimum atomic E-state index is -0.602. The lowest BCUT2D eigenvalue weighted by molar-refractivity contribution is -0.938. The maximum absolute atomic E-state index is 13.7. The van der Waals surface area contributed by atoms with Crippen molar-refractivity contribution in [2.75, 3.05) is 31.5 Å². The topological polar surface area (TPSA) is 55.4 Å². The molecule has 0 unspecified atom stereocenters. The molecule has 40 heavy (non-hydrogen) atoms. The third-order valence-electron chi connectivity index (χ3n) is 8.53. The number of rotatable bonds is 9. The molecule has 4 aromatic carbocycles. The van der Waals surface area contributed by atoms with Gasteiger partial charge in [0, 0.05) is 30.0 Å². The van der Waals surface area contributed by atoms with E-state index in [4.69, 9.17) is 4.74 Å². The number of ketones is 1. The minimum absolute atomic E-state index is 0.149. The van der Waals surface area contributed by atoms with E-state index in [2.05, 4.69) is 17.4 Å². The summed E-state index contributed by atoms with van der Waals surface area (Å²) >= 11 is 0. The number of Topliss-reactive ketones (excluding diaryl/α,β-unsaturated/α-hetero) is 1. The number of hydrogen-bond acceptors (Lipinski definition) is 4. The molecule has 3 aliphatic rings. The van der Waals surface area contributed by atoms with Gasteiger partial charge in [-0.1, -0.05) is 97.1 Å². The van der Waals surface area contributed by atoms with Crippen molar-refractivity contribution in [2.45, 2.75) is 25.0 Å². The first-order valence-corrected chi connectivity index (χ1v) is 14.2. The lowest BCUT2D eigenvalue weighted by Crippen LogP contribution is -2.65. The average Bonchev–Trinajstić information content (AvgIpc) is 3.01. The summed E-state index contributed by atoms with van der Waals surface area (Å²) in [6.07, 6.45) is 1.75. The normalized spacial score (nSPS) is 22.3. The molecule has 0 spiro atoms. The van der Waals surface area contributed by atoms with Gasteiger partial charge in [-0.05, 0) is 34.9 Å². The van der Waals surface area contributed by atoms with E-state index in [-0.39, 0.29) is 17.9 Å². The van der Waals surface area contributed by atoms with Gasteiger partial charge in [0.15, 0.2) is 12.1 Å². The van der Waals surface area contributed by atoms with Crippen molar-refractivity contribution in [1.29, 1.82) is 0 Å². The minimum Gasteiger partial charge on any atom is -0.454 e. The number of fused-ring (bicyclic) bond motifs is 3. The number of carbonyl (C=O) groups excluding carboxylic acids is 2. The number of esters is 1. The highest BCUT2D eigenvalue weighted by atomic mass is 16.5. The first-order chi connectivity index (χ1) is 19.6. The molecular weight excluding hydrogens is 496 g/mol. The van der Waals surface area contributed by atoms with Gasteiger partial charge in [0.1, 0.15) is 13.1 Å². The third-order valence-corrected chi connectivity index (χ3v) is 8.53. The third kappa shape index (κ3) is 5.70. The van der Waals surface area contributed by atoms with E-state index in [1.165, 1.54) is 0 Å². The van der Waals surface area contributed by atoms with Gasteiger partial charge in [-0.3, -0.25) is 4.79 Å². The molecule has 0 aliphatic carbocycles. The summed E-state index contributed by atoms with van der Waals surface area (Å²) in [6.45, 7) is 3.02. The molecule has 0 aromatic heterocycles. The van der Waals surface area contributed by atoms with E-state index in [0.29, 0.717) is 23.5 Å². The molecule has 5 nitrogen and oxygen atoms in total. The monoisotopic (exact) mass is 531 g/mol. The fraction of sp³-hybridized carbons (Fsp3) is 0.257. The zero-order valence-electron chi connectivity index (χ0n) is 22.6. The molecule has 2 bridgehead atoms. The molecule has 5 heteroatoms. The number of carbonyl (C=O) groups is 2. The highest BCUT2D eigenvalue weighted by molar-refractivity contribution is 5.98. The Labute approximate surface area is 236 Å². The predicted octanol–water partition coefficient (Wildman–Crippen LogP) is 6.54. The van der Waals surface area contributed by atoms with Crippen LogP contribution in [0.5, 0.6) is 0 Å².